The molecule has 1 heterocycles. The highest BCUT2D eigenvalue weighted by molar-refractivity contribution is 5.91. The zero-order valence-corrected chi connectivity index (χ0v) is 14.6. The summed E-state index contributed by atoms with van der Waals surface area (Å²) >= 11 is 0. The molecular weight excluding hydrogens is 316 g/mol. The molecule has 3 rings (SSSR count). The van der Waals surface area contributed by atoms with Crippen LogP contribution in [0.4, 0.5) is 11.4 Å². The molecule has 1 aliphatic rings. The lowest BCUT2D eigenvalue weighted by atomic mass is 10.1. The molecule has 2 aromatic carbocycles. The average molecular weight is 338 g/mol. The number of aryl methyl sites for hydroxylation is 1. The highest BCUT2D eigenvalue weighted by Crippen LogP contribution is 2.21. The smallest absolute Gasteiger partial charge is 0.337 e. The van der Waals surface area contributed by atoms with E-state index in [0.29, 0.717) is 5.56 Å². The van der Waals surface area contributed by atoms with Gasteiger partial charge in [-0.05, 0) is 48.4 Å². The Morgan fingerprint density at radius 3 is 2.72 bits per heavy atom. The van der Waals surface area contributed by atoms with Crippen molar-refractivity contribution in [3.63, 3.8) is 0 Å². The molecule has 1 saturated heterocycles. The van der Waals surface area contributed by atoms with Crippen molar-refractivity contribution in [2.24, 2.45) is 4.99 Å². The Hall–Kier alpha value is -2.66. The van der Waals surface area contributed by atoms with E-state index < -0.39 is 0 Å². The highest BCUT2D eigenvalue weighted by atomic mass is 16.5. The van der Waals surface area contributed by atoms with Crippen molar-refractivity contribution in [1.82, 2.24) is 0 Å². The molecule has 2 aromatic rings. The number of hydrogen-bond donors (Lipinski definition) is 0. The lowest BCUT2D eigenvalue weighted by Crippen LogP contribution is -2.36. The van der Waals surface area contributed by atoms with Crippen LogP contribution in [0, 0.1) is 6.92 Å². The molecule has 0 radical (unpaired) electrons. The minimum Gasteiger partial charge on any atom is -0.465 e. The fourth-order valence-electron chi connectivity index (χ4n) is 2.80. The van der Waals surface area contributed by atoms with Gasteiger partial charge in [0.1, 0.15) is 0 Å². The third kappa shape index (κ3) is 4.25. The largest absolute Gasteiger partial charge is 0.465 e. The van der Waals surface area contributed by atoms with E-state index in [-0.39, 0.29) is 5.97 Å². The number of esters is 1. The van der Waals surface area contributed by atoms with Crippen molar-refractivity contribution in [3.05, 3.63) is 59.2 Å². The number of rotatable bonds is 4. The summed E-state index contributed by atoms with van der Waals surface area (Å²) in [7, 11) is 1.37. The number of nitrogens with zero attached hydrogens (tertiary/aromatic N) is 2. The summed E-state index contributed by atoms with van der Waals surface area (Å²) in [5.74, 6) is -0.358. The first-order chi connectivity index (χ1) is 12.2. The topological polar surface area (TPSA) is 51.1 Å². The average Bonchev–Trinajstić information content (AvgIpc) is 2.67. The molecule has 1 fully saturated rings. The van der Waals surface area contributed by atoms with Crippen LogP contribution in [-0.2, 0) is 9.47 Å². The minimum atomic E-state index is -0.358. The monoisotopic (exact) mass is 338 g/mol. The maximum absolute atomic E-state index is 11.6. The van der Waals surface area contributed by atoms with Crippen molar-refractivity contribution in [1.29, 1.82) is 0 Å². The zero-order valence-electron chi connectivity index (χ0n) is 14.6. The van der Waals surface area contributed by atoms with Crippen molar-refractivity contribution < 1.29 is 14.3 Å². The zero-order chi connectivity index (χ0) is 17.6. The Balaban J connectivity index is 1.76. The molecule has 0 unspecified atom stereocenters. The van der Waals surface area contributed by atoms with Gasteiger partial charge in [0, 0.05) is 25.0 Å². The summed E-state index contributed by atoms with van der Waals surface area (Å²) in [4.78, 5) is 18.4. The molecule has 130 valence electrons. The van der Waals surface area contributed by atoms with E-state index in [1.807, 2.05) is 12.3 Å². The van der Waals surface area contributed by atoms with Crippen molar-refractivity contribution >= 4 is 23.6 Å². The summed E-state index contributed by atoms with van der Waals surface area (Å²) in [6.45, 7) is 5.48. The van der Waals surface area contributed by atoms with E-state index in [2.05, 4.69) is 35.0 Å². The molecule has 0 spiro atoms. The van der Waals surface area contributed by atoms with Crippen LogP contribution in [0.3, 0.4) is 0 Å². The Morgan fingerprint density at radius 2 is 2.00 bits per heavy atom. The molecule has 0 saturated carbocycles. The number of aliphatic imine (C=N–C) groups is 1. The Morgan fingerprint density at radius 1 is 1.20 bits per heavy atom. The summed E-state index contributed by atoms with van der Waals surface area (Å²) in [5.41, 5.74) is 4.65. The lowest BCUT2D eigenvalue weighted by molar-refractivity contribution is 0.0601. The van der Waals surface area contributed by atoms with E-state index in [0.717, 1.165) is 43.1 Å². The van der Waals surface area contributed by atoms with E-state index in [1.54, 1.807) is 18.2 Å². The summed E-state index contributed by atoms with van der Waals surface area (Å²) < 4.78 is 10.1. The van der Waals surface area contributed by atoms with Gasteiger partial charge >= 0.3 is 5.97 Å². The van der Waals surface area contributed by atoms with Gasteiger partial charge in [-0.1, -0.05) is 12.1 Å². The molecule has 25 heavy (non-hydrogen) atoms. The molecule has 5 nitrogen and oxygen atoms in total. The minimum absolute atomic E-state index is 0.358. The molecule has 0 amide bonds. The van der Waals surface area contributed by atoms with Crippen LogP contribution in [0.2, 0.25) is 0 Å². The number of methoxy groups -OCH3 is 1. The maximum atomic E-state index is 11.6. The fraction of sp³-hybridized carbons (Fsp3) is 0.300. The van der Waals surface area contributed by atoms with Crippen LogP contribution >= 0.6 is 0 Å². The Bertz CT molecular complexity index is 780. The number of benzene rings is 2. The van der Waals surface area contributed by atoms with E-state index in [4.69, 9.17) is 9.47 Å². The van der Waals surface area contributed by atoms with Gasteiger partial charge in [0.25, 0.3) is 0 Å². The molecular formula is C20H22N2O3. The van der Waals surface area contributed by atoms with Crippen molar-refractivity contribution in [2.45, 2.75) is 6.92 Å². The molecule has 5 heteroatoms. The fourth-order valence-corrected chi connectivity index (χ4v) is 2.80. The predicted molar refractivity (Wildman–Crippen MR) is 99.2 cm³/mol. The predicted octanol–water partition coefficient (Wildman–Crippen LogP) is 3.37. The van der Waals surface area contributed by atoms with E-state index in [1.165, 1.54) is 12.8 Å². The van der Waals surface area contributed by atoms with Gasteiger partial charge in [-0.25, -0.2) is 4.79 Å². The second kappa shape index (κ2) is 7.94. The number of ether oxygens (including phenoxy) is 2. The van der Waals surface area contributed by atoms with E-state index >= 15 is 0 Å². The first-order valence-electron chi connectivity index (χ1n) is 8.33. The van der Waals surface area contributed by atoms with Gasteiger partial charge in [0.15, 0.2) is 0 Å². The van der Waals surface area contributed by atoms with Crippen molar-refractivity contribution in [3.8, 4) is 0 Å². The van der Waals surface area contributed by atoms with Crippen LogP contribution in [0.15, 0.2) is 47.5 Å². The second-order valence-electron chi connectivity index (χ2n) is 5.94. The van der Waals surface area contributed by atoms with Gasteiger partial charge < -0.3 is 14.4 Å². The van der Waals surface area contributed by atoms with Gasteiger partial charge in [-0.15, -0.1) is 0 Å². The summed E-state index contributed by atoms with van der Waals surface area (Å²) in [6, 6.07) is 13.5. The third-order valence-electron chi connectivity index (χ3n) is 4.25. The van der Waals surface area contributed by atoms with Gasteiger partial charge in [0.05, 0.1) is 31.6 Å². The lowest BCUT2D eigenvalue weighted by Gasteiger charge is -2.29. The van der Waals surface area contributed by atoms with Gasteiger partial charge in [-0.3, -0.25) is 4.99 Å². The molecule has 0 aliphatic carbocycles. The number of anilines is 1. The first-order valence-corrected chi connectivity index (χ1v) is 8.33. The third-order valence-corrected chi connectivity index (χ3v) is 4.25. The highest BCUT2D eigenvalue weighted by Gasteiger charge is 2.11. The summed E-state index contributed by atoms with van der Waals surface area (Å²) in [6.07, 6.45) is 1.83. The molecule has 1 aliphatic heterocycles. The summed E-state index contributed by atoms with van der Waals surface area (Å²) in [5, 5.41) is 0. The molecule has 0 atom stereocenters. The van der Waals surface area contributed by atoms with Crippen molar-refractivity contribution in [2.75, 3.05) is 38.3 Å². The van der Waals surface area contributed by atoms with Crippen LogP contribution in [-0.4, -0.2) is 45.6 Å². The quantitative estimate of drug-likeness (QED) is 0.633. The van der Waals surface area contributed by atoms with Crippen LogP contribution in [0.1, 0.15) is 21.5 Å². The Labute approximate surface area is 147 Å². The first kappa shape index (κ1) is 17.2. The van der Waals surface area contributed by atoms with Crippen LogP contribution in [0.25, 0.3) is 0 Å². The van der Waals surface area contributed by atoms with Crippen LogP contribution < -0.4 is 4.90 Å². The Kier molecular flexibility index (Phi) is 5.46. The molecule has 0 bridgehead atoms. The SMILES string of the molecule is COC(=O)c1cccc(N=Cc2ccc(N3CCOCC3)cc2C)c1. The van der Waals surface area contributed by atoms with Crippen LogP contribution in [0.5, 0.6) is 0 Å². The second-order valence-corrected chi connectivity index (χ2v) is 5.94. The van der Waals surface area contributed by atoms with Gasteiger partial charge in [0.2, 0.25) is 0 Å². The molecule has 0 aromatic heterocycles. The maximum Gasteiger partial charge on any atom is 0.337 e. The number of carbonyl (C=O) groups excluding carboxylic acids is 1. The number of carbonyl (C=O) groups is 1. The van der Waals surface area contributed by atoms with E-state index in [9.17, 15) is 4.79 Å². The van der Waals surface area contributed by atoms with Gasteiger partial charge in [-0.2, -0.15) is 0 Å². The molecule has 0 N–H and O–H groups in total. The number of morpholine rings is 1. The normalized spacial score (nSPS) is 14.7. The standard InChI is InChI=1S/C20H22N2O3/c1-15-12-19(22-8-10-25-11-9-22)7-6-17(15)14-21-18-5-3-4-16(13-18)20(23)24-2/h3-7,12-14H,8-11H2,1-2H3. The number of hydrogen-bond acceptors (Lipinski definition) is 5.